The molecule has 2 aromatic rings. The second kappa shape index (κ2) is 7.07. The zero-order chi connectivity index (χ0) is 16.2. The smallest absolute Gasteiger partial charge is 0.143 e. The van der Waals surface area contributed by atoms with Gasteiger partial charge in [-0.2, -0.15) is 5.26 Å². The zero-order valence-corrected chi connectivity index (χ0v) is 13.9. The molecule has 4 nitrogen and oxygen atoms in total. The summed E-state index contributed by atoms with van der Waals surface area (Å²) in [4.78, 5) is 9.06. The zero-order valence-electron chi connectivity index (χ0n) is 13.1. The number of aromatic nitrogens is 1. The van der Waals surface area contributed by atoms with Gasteiger partial charge in [0, 0.05) is 38.1 Å². The number of hydrogen-bond donors (Lipinski definition) is 0. The molecular formula is C17H19FN4S. The molecular weight excluding hydrogens is 311 g/mol. The Hall–Kier alpha value is -1.97. The quantitative estimate of drug-likeness (QED) is 0.864. The van der Waals surface area contributed by atoms with E-state index in [1.807, 2.05) is 12.1 Å². The Morgan fingerprint density at radius 3 is 2.74 bits per heavy atom. The fourth-order valence-corrected chi connectivity index (χ4v) is 3.58. The summed E-state index contributed by atoms with van der Waals surface area (Å²) < 4.78 is 13.7. The lowest BCUT2D eigenvalue weighted by atomic mass is 10.1. The number of anilines is 1. The highest BCUT2D eigenvalue weighted by Gasteiger charge is 2.21. The molecule has 1 aromatic carbocycles. The highest BCUT2D eigenvalue weighted by Crippen LogP contribution is 2.24. The van der Waals surface area contributed by atoms with E-state index in [-0.39, 0.29) is 5.56 Å². The third-order valence-electron chi connectivity index (χ3n) is 4.10. The summed E-state index contributed by atoms with van der Waals surface area (Å²) in [5, 5.41) is 12.5. The minimum absolute atomic E-state index is 0.146. The fourth-order valence-electron chi connectivity index (χ4n) is 2.85. The summed E-state index contributed by atoms with van der Waals surface area (Å²) in [6.45, 7) is 6.35. The molecule has 0 saturated carbocycles. The topological polar surface area (TPSA) is 43.2 Å². The molecule has 1 aliphatic heterocycles. The summed E-state index contributed by atoms with van der Waals surface area (Å²) in [6.07, 6.45) is 0.981. The predicted octanol–water partition coefficient (Wildman–Crippen LogP) is 3.04. The third kappa shape index (κ3) is 3.52. The second-order valence-electron chi connectivity index (χ2n) is 5.60. The summed E-state index contributed by atoms with van der Waals surface area (Å²) in [5.74, 6) is -0.443. The predicted molar refractivity (Wildman–Crippen MR) is 90.1 cm³/mol. The number of piperazine rings is 1. The molecule has 2 heterocycles. The number of rotatable bonds is 4. The van der Waals surface area contributed by atoms with Crippen LogP contribution in [0, 0.1) is 17.1 Å². The molecule has 0 N–H and O–H groups in total. The first-order chi connectivity index (χ1) is 11.2. The van der Waals surface area contributed by atoms with E-state index in [1.54, 1.807) is 17.4 Å². The van der Waals surface area contributed by atoms with E-state index in [9.17, 15) is 4.39 Å². The van der Waals surface area contributed by atoms with E-state index in [1.165, 1.54) is 11.1 Å². The van der Waals surface area contributed by atoms with Gasteiger partial charge in [0.25, 0.3) is 0 Å². The molecule has 0 spiro atoms. The largest absolute Gasteiger partial charge is 0.368 e. The molecule has 1 aromatic heterocycles. The van der Waals surface area contributed by atoms with Crippen molar-refractivity contribution in [3.8, 4) is 6.07 Å². The Bertz CT molecular complexity index is 714. The fraction of sp³-hybridized carbons (Fsp3) is 0.412. The minimum Gasteiger partial charge on any atom is -0.368 e. The van der Waals surface area contributed by atoms with Crippen LogP contribution in [-0.4, -0.2) is 36.1 Å². The number of thiazole rings is 1. The van der Waals surface area contributed by atoms with Crippen molar-refractivity contribution in [2.24, 2.45) is 0 Å². The maximum atomic E-state index is 13.7. The Balaban J connectivity index is 1.62. The molecule has 0 bridgehead atoms. The lowest BCUT2D eigenvalue weighted by molar-refractivity contribution is 0.247. The first-order valence-corrected chi connectivity index (χ1v) is 8.68. The number of hydrogen-bond acceptors (Lipinski definition) is 5. The lowest BCUT2D eigenvalue weighted by Gasteiger charge is -2.36. The van der Waals surface area contributed by atoms with Crippen molar-refractivity contribution < 1.29 is 4.39 Å². The van der Waals surface area contributed by atoms with Gasteiger partial charge in [-0.25, -0.2) is 9.37 Å². The van der Waals surface area contributed by atoms with Crippen LogP contribution in [0.1, 0.15) is 23.2 Å². The maximum absolute atomic E-state index is 13.7. The summed E-state index contributed by atoms with van der Waals surface area (Å²) in [6, 6.07) is 6.81. The first-order valence-electron chi connectivity index (χ1n) is 7.80. The molecule has 1 fully saturated rings. The Morgan fingerprint density at radius 1 is 1.30 bits per heavy atom. The highest BCUT2D eigenvalue weighted by atomic mass is 32.1. The van der Waals surface area contributed by atoms with E-state index in [4.69, 9.17) is 5.26 Å². The van der Waals surface area contributed by atoms with Crippen molar-refractivity contribution in [3.05, 3.63) is 45.7 Å². The monoisotopic (exact) mass is 330 g/mol. The van der Waals surface area contributed by atoms with E-state index >= 15 is 0 Å². The normalized spacial score (nSPS) is 15.6. The Kier molecular flexibility index (Phi) is 4.89. The number of nitriles is 1. The number of aryl methyl sites for hydroxylation is 1. The van der Waals surface area contributed by atoms with Crippen LogP contribution in [0.25, 0.3) is 0 Å². The van der Waals surface area contributed by atoms with E-state index in [0.717, 1.165) is 44.8 Å². The van der Waals surface area contributed by atoms with Crippen LogP contribution in [0.15, 0.2) is 23.6 Å². The molecule has 0 amide bonds. The standard InChI is InChI=1S/C17H19FN4S/c1-2-17-20-13(12-23-17)11-21-6-8-22(9-7-21)16-5-3-4-15(18)14(16)10-19/h3-5,12H,2,6-9,11H2,1H3. The number of halogens is 1. The van der Waals surface area contributed by atoms with Crippen LogP contribution >= 0.6 is 11.3 Å². The molecule has 1 saturated heterocycles. The average Bonchev–Trinajstić information content (AvgIpc) is 3.03. The van der Waals surface area contributed by atoms with E-state index in [2.05, 4.69) is 27.1 Å². The van der Waals surface area contributed by atoms with Crippen LogP contribution in [-0.2, 0) is 13.0 Å². The molecule has 6 heteroatoms. The Labute approximate surface area is 139 Å². The number of nitrogens with zero attached hydrogens (tertiary/aromatic N) is 4. The SMILES string of the molecule is CCc1nc(CN2CCN(c3cccc(F)c3C#N)CC2)cs1. The lowest BCUT2D eigenvalue weighted by Crippen LogP contribution is -2.46. The van der Waals surface area contributed by atoms with Crippen molar-refractivity contribution in [2.45, 2.75) is 19.9 Å². The first kappa shape index (κ1) is 15.9. The van der Waals surface area contributed by atoms with E-state index in [0.29, 0.717) is 5.69 Å². The van der Waals surface area contributed by atoms with Gasteiger partial charge in [-0.1, -0.05) is 13.0 Å². The molecule has 0 unspecified atom stereocenters. The van der Waals surface area contributed by atoms with Crippen LogP contribution in [0.2, 0.25) is 0 Å². The van der Waals surface area contributed by atoms with E-state index < -0.39 is 5.82 Å². The van der Waals surface area contributed by atoms with Gasteiger partial charge in [0.15, 0.2) is 0 Å². The molecule has 120 valence electrons. The molecule has 1 aliphatic rings. The van der Waals surface area contributed by atoms with Crippen molar-refractivity contribution >= 4 is 17.0 Å². The summed E-state index contributed by atoms with van der Waals surface area (Å²) >= 11 is 1.72. The molecule has 0 radical (unpaired) electrons. The van der Waals surface area contributed by atoms with Crippen molar-refractivity contribution in [3.63, 3.8) is 0 Å². The van der Waals surface area contributed by atoms with Crippen LogP contribution in [0.5, 0.6) is 0 Å². The Morgan fingerprint density at radius 2 is 2.09 bits per heavy atom. The van der Waals surface area contributed by atoms with Crippen molar-refractivity contribution in [1.82, 2.24) is 9.88 Å². The summed E-state index contributed by atoms with van der Waals surface area (Å²) in [5.41, 5.74) is 1.98. The van der Waals surface area contributed by atoms with Crippen LogP contribution in [0.4, 0.5) is 10.1 Å². The minimum atomic E-state index is -0.443. The van der Waals surface area contributed by atoms with Gasteiger partial charge < -0.3 is 4.90 Å². The van der Waals surface area contributed by atoms with Crippen molar-refractivity contribution in [2.75, 3.05) is 31.1 Å². The highest BCUT2D eigenvalue weighted by molar-refractivity contribution is 7.09. The number of benzene rings is 1. The van der Waals surface area contributed by atoms with Gasteiger partial charge in [-0.15, -0.1) is 11.3 Å². The second-order valence-corrected chi connectivity index (χ2v) is 6.54. The molecule has 23 heavy (non-hydrogen) atoms. The van der Waals surface area contributed by atoms with Gasteiger partial charge in [-0.05, 0) is 18.6 Å². The molecule has 0 atom stereocenters. The van der Waals surface area contributed by atoms with Gasteiger partial charge in [0.1, 0.15) is 17.4 Å². The summed E-state index contributed by atoms with van der Waals surface area (Å²) in [7, 11) is 0. The van der Waals surface area contributed by atoms with Gasteiger partial charge in [-0.3, -0.25) is 4.90 Å². The third-order valence-corrected chi connectivity index (χ3v) is 5.15. The van der Waals surface area contributed by atoms with Gasteiger partial charge in [0.2, 0.25) is 0 Å². The van der Waals surface area contributed by atoms with Crippen molar-refractivity contribution in [1.29, 1.82) is 5.26 Å². The molecule has 3 rings (SSSR count). The molecule has 0 aliphatic carbocycles. The van der Waals surface area contributed by atoms with Crippen LogP contribution < -0.4 is 4.90 Å². The maximum Gasteiger partial charge on any atom is 0.143 e. The average molecular weight is 330 g/mol. The van der Waals surface area contributed by atoms with Gasteiger partial charge >= 0.3 is 0 Å². The van der Waals surface area contributed by atoms with Crippen LogP contribution in [0.3, 0.4) is 0 Å². The van der Waals surface area contributed by atoms with Gasteiger partial charge in [0.05, 0.1) is 16.4 Å².